The van der Waals surface area contributed by atoms with E-state index >= 15 is 0 Å². The predicted octanol–water partition coefficient (Wildman–Crippen LogP) is 5.62. The largest absolute Gasteiger partial charge is 0.288 e. The van der Waals surface area contributed by atoms with E-state index in [0.717, 1.165) is 5.56 Å². The molecule has 1 aliphatic rings. The van der Waals surface area contributed by atoms with Gasteiger partial charge in [-0.2, -0.15) is 0 Å². The van der Waals surface area contributed by atoms with Crippen LogP contribution in [0.5, 0.6) is 0 Å². The van der Waals surface area contributed by atoms with Crippen LogP contribution in [0.1, 0.15) is 51.2 Å². The molecule has 1 N–H and O–H groups in total. The molecule has 3 nitrogen and oxygen atoms in total. The lowest BCUT2D eigenvalue weighted by molar-refractivity contribution is -0.126. The van der Waals surface area contributed by atoms with Crippen LogP contribution in [0.2, 0.25) is 0 Å². The van der Waals surface area contributed by atoms with E-state index in [-0.39, 0.29) is 29.9 Å². The van der Waals surface area contributed by atoms with Crippen LogP contribution >= 0.6 is 0 Å². The highest BCUT2D eigenvalue weighted by Gasteiger charge is 2.31. The third-order valence-corrected chi connectivity index (χ3v) is 5.53. The van der Waals surface area contributed by atoms with Crippen LogP contribution in [0, 0.1) is 18.8 Å². The summed E-state index contributed by atoms with van der Waals surface area (Å²) in [6.45, 7) is 11.2. The fourth-order valence-electron chi connectivity index (χ4n) is 3.15. The lowest BCUT2D eigenvalue weighted by Gasteiger charge is -2.25. The summed E-state index contributed by atoms with van der Waals surface area (Å²) in [5.74, 6) is -2.41. The summed E-state index contributed by atoms with van der Waals surface area (Å²) in [5, 5.41) is 2.33. The Balaban J connectivity index is 2.41. The van der Waals surface area contributed by atoms with Gasteiger partial charge in [0.2, 0.25) is 0 Å². The second kappa shape index (κ2) is 9.77. The number of aryl methyl sites for hydroxylation is 1. The summed E-state index contributed by atoms with van der Waals surface area (Å²) < 4.78 is 28.6. The highest BCUT2D eigenvalue weighted by molar-refractivity contribution is 6.13. The van der Waals surface area contributed by atoms with Crippen LogP contribution in [0.15, 0.2) is 53.4 Å². The molecule has 1 aromatic carbocycles. The van der Waals surface area contributed by atoms with Crippen molar-refractivity contribution < 1.29 is 18.4 Å². The van der Waals surface area contributed by atoms with Crippen LogP contribution in [0.3, 0.4) is 0 Å². The number of allylic oxidation sites excluding steroid dienone is 1. The number of rotatable bonds is 6. The van der Waals surface area contributed by atoms with E-state index in [1.54, 1.807) is 13.0 Å². The van der Waals surface area contributed by atoms with Crippen molar-refractivity contribution in [2.24, 2.45) is 11.8 Å². The van der Waals surface area contributed by atoms with Crippen LogP contribution in [-0.2, 0) is 9.59 Å². The van der Waals surface area contributed by atoms with E-state index < -0.39 is 29.7 Å². The Morgan fingerprint density at radius 2 is 1.86 bits per heavy atom. The first-order valence-corrected chi connectivity index (χ1v) is 9.98. The summed E-state index contributed by atoms with van der Waals surface area (Å²) in [6.07, 6.45) is 0.714. The third kappa shape index (κ3) is 5.72. The highest BCUT2D eigenvalue weighted by Crippen LogP contribution is 2.36. The van der Waals surface area contributed by atoms with Gasteiger partial charge in [-0.15, -0.1) is 0 Å². The minimum Gasteiger partial charge on any atom is -0.288 e. The molecule has 2 amide bonds. The molecular weight excluding hydrogens is 372 g/mol. The molecule has 3 unspecified atom stereocenters. The van der Waals surface area contributed by atoms with Crippen molar-refractivity contribution in [2.45, 2.75) is 53.1 Å². The summed E-state index contributed by atoms with van der Waals surface area (Å²) in [5.41, 5.74) is 2.25. The molecule has 1 aromatic rings. The van der Waals surface area contributed by atoms with Crippen molar-refractivity contribution in [3.8, 4) is 0 Å². The Bertz CT molecular complexity index is 852. The number of benzene rings is 1. The van der Waals surface area contributed by atoms with Gasteiger partial charge in [-0.05, 0) is 48.8 Å². The fourth-order valence-corrected chi connectivity index (χ4v) is 3.15. The number of nitrogens with one attached hydrogen (secondary N) is 1. The maximum absolute atomic E-state index is 14.6. The Morgan fingerprint density at radius 1 is 1.24 bits per heavy atom. The van der Waals surface area contributed by atoms with Gasteiger partial charge in [0.05, 0.1) is 0 Å². The molecule has 0 spiro atoms. The molecule has 2 rings (SSSR count). The van der Waals surface area contributed by atoms with Gasteiger partial charge < -0.3 is 0 Å². The van der Waals surface area contributed by atoms with Gasteiger partial charge in [-0.1, -0.05) is 57.2 Å². The molecule has 0 saturated carbocycles. The Hall–Kier alpha value is -2.56. The van der Waals surface area contributed by atoms with E-state index in [9.17, 15) is 18.4 Å². The molecular formula is C24H29F2NO2. The van der Waals surface area contributed by atoms with Crippen molar-refractivity contribution in [1.29, 1.82) is 0 Å². The molecule has 5 heteroatoms. The first-order valence-electron chi connectivity index (χ1n) is 9.98. The van der Waals surface area contributed by atoms with E-state index in [1.807, 2.05) is 45.0 Å². The van der Waals surface area contributed by atoms with Gasteiger partial charge in [-0.25, -0.2) is 8.78 Å². The number of amides is 2. The standard InChI is InChI=1S/C24H29F2NO2/c1-6-15(3)17(5)23(28)27-24(29)20(12-18-9-7-14(2)8-10-18)19-11-16(4)21(25)13-22(19)26/h7-10,12,15-16,21H,5-6,11,13H2,1-4H3,(H,27,28,29)/b20-12+. The summed E-state index contributed by atoms with van der Waals surface area (Å²) >= 11 is 0. The maximum Gasteiger partial charge on any atom is 0.258 e. The lowest BCUT2D eigenvalue weighted by Crippen LogP contribution is -2.35. The second-order valence-corrected chi connectivity index (χ2v) is 7.87. The van der Waals surface area contributed by atoms with E-state index in [1.165, 1.54) is 0 Å². The van der Waals surface area contributed by atoms with Gasteiger partial charge in [0.15, 0.2) is 0 Å². The minimum absolute atomic E-state index is 0.0513. The van der Waals surface area contributed by atoms with Crippen molar-refractivity contribution >= 4 is 17.9 Å². The zero-order chi connectivity index (χ0) is 21.7. The third-order valence-electron chi connectivity index (χ3n) is 5.53. The van der Waals surface area contributed by atoms with Gasteiger partial charge in [-0.3, -0.25) is 14.9 Å². The maximum atomic E-state index is 14.6. The number of carbonyl (C=O) groups is 2. The average molecular weight is 401 g/mol. The summed E-state index contributed by atoms with van der Waals surface area (Å²) in [4.78, 5) is 25.3. The number of hydrogen-bond donors (Lipinski definition) is 1. The smallest absolute Gasteiger partial charge is 0.258 e. The van der Waals surface area contributed by atoms with E-state index in [2.05, 4.69) is 11.9 Å². The van der Waals surface area contributed by atoms with Crippen LogP contribution in [-0.4, -0.2) is 18.0 Å². The molecule has 0 radical (unpaired) electrons. The molecule has 3 atom stereocenters. The van der Waals surface area contributed by atoms with Crippen molar-refractivity contribution in [2.75, 3.05) is 0 Å². The molecule has 29 heavy (non-hydrogen) atoms. The zero-order valence-electron chi connectivity index (χ0n) is 17.5. The number of halogens is 2. The highest BCUT2D eigenvalue weighted by atomic mass is 19.1. The number of alkyl halides is 1. The molecule has 0 saturated heterocycles. The van der Waals surface area contributed by atoms with Crippen molar-refractivity contribution in [1.82, 2.24) is 5.32 Å². The molecule has 0 heterocycles. The first-order chi connectivity index (χ1) is 13.6. The normalized spacial score (nSPS) is 21.0. The quantitative estimate of drug-likeness (QED) is 0.629. The predicted molar refractivity (Wildman–Crippen MR) is 112 cm³/mol. The molecule has 1 aliphatic carbocycles. The molecule has 0 fully saturated rings. The average Bonchev–Trinajstić information content (AvgIpc) is 2.69. The molecule has 0 bridgehead atoms. The van der Waals surface area contributed by atoms with Crippen LogP contribution in [0.4, 0.5) is 8.78 Å². The molecule has 156 valence electrons. The Morgan fingerprint density at radius 3 is 2.45 bits per heavy atom. The molecule has 0 aromatic heterocycles. The van der Waals surface area contributed by atoms with Gasteiger partial charge in [0.1, 0.15) is 12.0 Å². The fraction of sp³-hybridized carbons (Fsp3) is 0.417. The van der Waals surface area contributed by atoms with Gasteiger partial charge in [0, 0.05) is 17.6 Å². The SMILES string of the molecule is C=C(C(=O)NC(=O)/C(=C/c1ccc(C)cc1)C1=C(F)CC(F)C(C)C1)C(C)CC. The topological polar surface area (TPSA) is 46.2 Å². The van der Waals surface area contributed by atoms with Crippen molar-refractivity contribution in [3.63, 3.8) is 0 Å². The van der Waals surface area contributed by atoms with E-state index in [0.29, 0.717) is 17.6 Å². The van der Waals surface area contributed by atoms with Crippen LogP contribution in [0.25, 0.3) is 6.08 Å². The second-order valence-electron chi connectivity index (χ2n) is 7.87. The summed E-state index contributed by atoms with van der Waals surface area (Å²) in [7, 11) is 0. The van der Waals surface area contributed by atoms with Gasteiger partial charge >= 0.3 is 0 Å². The monoisotopic (exact) mass is 401 g/mol. The van der Waals surface area contributed by atoms with Gasteiger partial charge in [0.25, 0.3) is 11.8 Å². The van der Waals surface area contributed by atoms with E-state index in [4.69, 9.17) is 0 Å². The van der Waals surface area contributed by atoms with Crippen LogP contribution < -0.4 is 5.32 Å². The lowest BCUT2D eigenvalue weighted by atomic mass is 9.83. The first kappa shape index (κ1) is 22.7. The zero-order valence-corrected chi connectivity index (χ0v) is 17.5. The number of imide groups is 1. The summed E-state index contributed by atoms with van der Waals surface area (Å²) in [6, 6.07) is 7.38. The minimum atomic E-state index is -1.28. The Kier molecular flexibility index (Phi) is 7.66. The number of carbonyl (C=O) groups excluding carboxylic acids is 2. The molecule has 0 aliphatic heterocycles. The number of hydrogen-bond acceptors (Lipinski definition) is 2. The Labute approximate surface area is 171 Å². The van der Waals surface area contributed by atoms with Crippen molar-refractivity contribution in [3.05, 3.63) is 64.5 Å².